The van der Waals surface area contributed by atoms with Gasteiger partial charge in [-0.2, -0.15) is 0 Å². The van der Waals surface area contributed by atoms with Gasteiger partial charge in [-0.3, -0.25) is 19.1 Å². The van der Waals surface area contributed by atoms with Crippen molar-refractivity contribution in [2.24, 2.45) is 0 Å². The van der Waals surface area contributed by atoms with Gasteiger partial charge in [0.2, 0.25) is 0 Å². The molecule has 8 nitrogen and oxygen atoms in total. The SMILES string of the molecule is C=CCn1c(SCCN2C(=O)c3ccccc3C2=O)nnc1C1COc2ccccc2O1. The van der Waals surface area contributed by atoms with Crippen molar-refractivity contribution in [1.82, 2.24) is 19.7 Å². The maximum Gasteiger partial charge on any atom is 0.261 e. The highest BCUT2D eigenvalue weighted by Gasteiger charge is 2.35. The highest BCUT2D eigenvalue weighted by Crippen LogP contribution is 2.36. The van der Waals surface area contributed by atoms with Gasteiger partial charge in [-0.1, -0.05) is 42.1 Å². The van der Waals surface area contributed by atoms with Gasteiger partial charge in [0.1, 0.15) is 6.61 Å². The number of allylic oxidation sites excluding steroid dienone is 1. The van der Waals surface area contributed by atoms with Gasteiger partial charge >= 0.3 is 0 Å². The second kappa shape index (κ2) is 8.51. The van der Waals surface area contributed by atoms with Crippen molar-refractivity contribution in [2.75, 3.05) is 18.9 Å². The second-order valence-corrected chi connectivity index (χ2v) is 8.32. The first-order chi connectivity index (χ1) is 15.7. The standard InChI is InChI=1S/C23H20N4O4S/c1-2-11-26-20(19-14-30-17-9-5-6-10-18(17)31-19)24-25-23(26)32-13-12-27-21(28)15-7-3-4-8-16(15)22(27)29/h2-10,19H,1,11-14H2. The van der Waals surface area contributed by atoms with Crippen LogP contribution >= 0.6 is 11.8 Å². The lowest BCUT2D eigenvalue weighted by molar-refractivity contribution is 0.0664. The molecule has 1 atom stereocenters. The van der Waals surface area contributed by atoms with E-state index in [1.165, 1.54) is 16.7 Å². The number of hydrogen-bond acceptors (Lipinski definition) is 7. The van der Waals surface area contributed by atoms with Gasteiger partial charge in [0.15, 0.2) is 28.6 Å². The molecule has 0 aliphatic carbocycles. The Morgan fingerprint density at radius 3 is 2.44 bits per heavy atom. The Labute approximate surface area is 188 Å². The molecular formula is C23H20N4O4S. The number of thioether (sulfide) groups is 1. The van der Waals surface area contributed by atoms with Crippen molar-refractivity contribution in [2.45, 2.75) is 17.8 Å². The van der Waals surface area contributed by atoms with Crippen LogP contribution in [0, 0.1) is 0 Å². The summed E-state index contributed by atoms with van der Waals surface area (Å²) in [5, 5.41) is 9.31. The summed E-state index contributed by atoms with van der Waals surface area (Å²) in [4.78, 5) is 26.4. The van der Waals surface area contributed by atoms with Gasteiger partial charge in [0.05, 0.1) is 11.1 Å². The number of benzene rings is 2. The second-order valence-electron chi connectivity index (χ2n) is 7.26. The highest BCUT2D eigenvalue weighted by molar-refractivity contribution is 7.99. The zero-order chi connectivity index (χ0) is 22.1. The van der Waals surface area contributed by atoms with E-state index >= 15 is 0 Å². The molecule has 9 heteroatoms. The van der Waals surface area contributed by atoms with Crippen LogP contribution in [0.2, 0.25) is 0 Å². The molecule has 1 aromatic heterocycles. The molecule has 0 saturated heterocycles. The summed E-state index contributed by atoms with van der Waals surface area (Å²) in [6, 6.07) is 14.4. The number of imide groups is 1. The number of aromatic nitrogens is 3. The summed E-state index contributed by atoms with van der Waals surface area (Å²) in [5.41, 5.74) is 0.906. The van der Waals surface area contributed by atoms with Crippen LogP contribution in [0.15, 0.2) is 66.3 Å². The predicted octanol–water partition coefficient (Wildman–Crippen LogP) is 3.36. The van der Waals surface area contributed by atoms with E-state index in [4.69, 9.17) is 9.47 Å². The average Bonchev–Trinajstić information content (AvgIpc) is 3.33. The van der Waals surface area contributed by atoms with Crippen LogP contribution < -0.4 is 9.47 Å². The molecule has 0 radical (unpaired) electrons. The number of rotatable bonds is 7. The van der Waals surface area contributed by atoms with Crippen LogP contribution in [0.3, 0.4) is 0 Å². The Morgan fingerprint density at radius 1 is 1.03 bits per heavy atom. The monoisotopic (exact) mass is 448 g/mol. The van der Waals surface area contributed by atoms with E-state index in [0.29, 0.717) is 52.5 Å². The van der Waals surface area contributed by atoms with Gasteiger partial charge in [0.25, 0.3) is 11.8 Å². The van der Waals surface area contributed by atoms with E-state index in [1.54, 1.807) is 30.3 Å². The zero-order valence-corrected chi connectivity index (χ0v) is 18.0. The van der Waals surface area contributed by atoms with Crippen LogP contribution in [0.25, 0.3) is 0 Å². The fourth-order valence-electron chi connectivity index (χ4n) is 3.76. The molecule has 2 aromatic carbocycles. The minimum Gasteiger partial charge on any atom is -0.485 e. The molecule has 1 unspecified atom stereocenters. The maximum atomic E-state index is 12.5. The Kier molecular flexibility index (Phi) is 5.40. The van der Waals surface area contributed by atoms with Gasteiger partial charge < -0.3 is 9.47 Å². The number of amides is 2. The molecule has 3 heterocycles. The van der Waals surface area contributed by atoms with Crippen molar-refractivity contribution in [3.05, 3.63) is 78.1 Å². The Morgan fingerprint density at radius 2 is 1.72 bits per heavy atom. The molecule has 0 fully saturated rings. The summed E-state index contributed by atoms with van der Waals surface area (Å²) in [5.74, 6) is 1.98. The number of carbonyl (C=O) groups excluding carboxylic acids is 2. The van der Waals surface area contributed by atoms with Crippen LogP contribution in [-0.4, -0.2) is 50.4 Å². The third kappa shape index (κ3) is 3.54. The third-order valence-electron chi connectivity index (χ3n) is 5.28. The summed E-state index contributed by atoms with van der Waals surface area (Å²) < 4.78 is 13.8. The Balaban J connectivity index is 1.28. The topological polar surface area (TPSA) is 86.6 Å². The largest absolute Gasteiger partial charge is 0.485 e. The van der Waals surface area contributed by atoms with E-state index in [-0.39, 0.29) is 18.4 Å². The number of carbonyl (C=O) groups is 2. The number of hydrogen-bond donors (Lipinski definition) is 0. The lowest BCUT2D eigenvalue weighted by Gasteiger charge is -2.26. The van der Waals surface area contributed by atoms with E-state index in [0.717, 1.165) is 0 Å². The normalized spacial score (nSPS) is 16.9. The lowest BCUT2D eigenvalue weighted by atomic mass is 10.1. The van der Waals surface area contributed by atoms with Crippen LogP contribution in [0.5, 0.6) is 11.5 Å². The summed E-state index contributed by atoms with van der Waals surface area (Å²) >= 11 is 1.43. The van der Waals surface area contributed by atoms with Crippen molar-refractivity contribution in [3.63, 3.8) is 0 Å². The molecular weight excluding hydrogens is 428 g/mol. The highest BCUT2D eigenvalue weighted by atomic mass is 32.2. The number of fused-ring (bicyclic) bond motifs is 2. The zero-order valence-electron chi connectivity index (χ0n) is 17.1. The van der Waals surface area contributed by atoms with Gasteiger partial charge in [-0.25, -0.2) is 0 Å². The van der Waals surface area contributed by atoms with Crippen LogP contribution in [0.4, 0.5) is 0 Å². The van der Waals surface area contributed by atoms with Gasteiger partial charge in [0, 0.05) is 18.8 Å². The fourth-order valence-corrected chi connectivity index (χ4v) is 4.64. The number of para-hydroxylation sites is 2. The maximum absolute atomic E-state index is 12.5. The summed E-state index contributed by atoms with van der Waals surface area (Å²) in [6.07, 6.45) is 1.36. The van der Waals surface area contributed by atoms with Crippen molar-refractivity contribution in [1.29, 1.82) is 0 Å². The molecule has 0 bridgehead atoms. The molecule has 0 saturated carbocycles. The first-order valence-electron chi connectivity index (χ1n) is 10.2. The van der Waals surface area contributed by atoms with E-state index in [2.05, 4.69) is 16.8 Å². The average molecular weight is 449 g/mol. The molecule has 2 aliphatic heterocycles. The van der Waals surface area contributed by atoms with Crippen molar-refractivity contribution in [3.8, 4) is 11.5 Å². The quantitative estimate of drug-likeness (QED) is 0.311. The van der Waals surface area contributed by atoms with Gasteiger partial charge in [-0.05, 0) is 24.3 Å². The molecule has 0 N–H and O–H groups in total. The van der Waals surface area contributed by atoms with Crippen molar-refractivity contribution < 1.29 is 19.1 Å². The van der Waals surface area contributed by atoms with E-state index in [1.807, 2.05) is 28.8 Å². The van der Waals surface area contributed by atoms with E-state index in [9.17, 15) is 9.59 Å². The van der Waals surface area contributed by atoms with Gasteiger partial charge in [-0.15, -0.1) is 16.8 Å². The number of ether oxygens (including phenoxy) is 2. The van der Waals surface area contributed by atoms with Crippen LogP contribution in [-0.2, 0) is 6.54 Å². The Hall–Kier alpha value is -3.59. The predicted molar refractivity (Wildman–Crippen MR) is 118 cm³/mol. The third-order valence-corrected chi connectivity index (χ3v) is 6.22. The fraction of sp³-hybridized carbons (Fsp3) is 0.217. The van der Waals surface area contributed by atoms with Crippen molar-refractivity contribution >= 4 is 23.6 Å². The molecule has 5 rings (SSSR count). The molecule has 2 aliphatic rings. The minimum absolute atomic E-state index is 0.258. The first kappa shape index (κ1) is 20.3. The smallest absolute Gasteiger partial charge is 0.261 e. The summed E-state index contributed by atoms with van der Waals surface area (Å²) in [7, 11) is 0. The molecule has 2 amide bonds. The Bertz CT molecular complexity index is 1170. The van der Waals surface area contributed by atoms with E-state index < -0.39 is 6.10 Å². The molecule has 162 valence electrons. The summed E-state index contributed by atoms with van der Waals surface area (Å²) in [6.45, 7) is 4.94. The molecule has 32 heavy (non-hydrogen) atoms. The first-order valence-corrected chi connectivity index (χ1v) is 11.2. The number of nitrogens with zero attached hydrogens (tertiary/aromatic N) is 4. The minimum atomic E-state index is -0.400. The molecule has 3 aromatic rings. The lowest BCUT2D eigenvalue weighted by Crippen LogP contribution is -2.31. The van der Waals surface area contributed by atoms with Crippen LogP contribution in [0.1, 0.15) is 32.6 Å². The molecule has 0 spiro atoms.